The number of carbonyl (C=O) groups is 1. The summed E-state index contributed by atoms with van der Waals surface area (Å²) in [6.45, 7) is 0. The van der Waals surface area contributed by atoms with Crippen LogP contribution in [-0.2, 0) is 0 Å². The van der Waals surface area contributed by atoms with Gasteiger partial charge in [0.1, 0.15) is 11.5 Å². The van der Waals surface area contributed by atoms with Crippen molar-refractivity contribution in [3.63, 3.8) is 0 Å². The van der Waals surface area contributed by atoms with Crippen LogP contribution in [0.5, 0.6) is 23.0 Å². The van der Waals surface area contributed by atoms with Crippen molar-refractivity contribution in [3.05, 3.63) is 54.2 Å². The van der Waals surface area contributed by atoms with Crippen molar-refractivity contribution in [3.8, 4) is 23.0 Å². The molecule has 0 aromatic heterocycles. The molecule has 0 aliphatic heterocycles. The smallest absolute Gasteiger partial charge is 0.187 e. The fourth-order valence-electron chi connectivity index (χ4n) is 2.21. The monoisotopic (exact) mass is 343 g/mol. The van der Waals surface area contributed by atoms with Gasteiger partial charge in [-0.05, 0) is 30.3 Å². The van der Waals surface area contributed by atoms with Crippen LogP contribution in [0.4, 0.5) is 5.69 Å². The number of rotatable bonds is 8. The molecule has 6 nitrogen and oxygen atoms in total. The van der Waals surface area contributed by atoms with E-state index in [0.29, 0.717) is 28.6 Å². The first-order chi connectivity index (χ1) is 12.1. The van der Waals surface area contributed by atoms with Crippen LogP contribution in [0, 0.1) is 0 Å². The maximum atomic E-state index is 12.3. The van der Waals surface area contributed by atoms with Gasteiger partial charge in [-0.1, -0.05) is 0 Å². The molecule has 2 rings (SSSR count). The summed E-state index contributed by atoms with van der Waals surface area (Å²) in [5.41, 5.74) is 1.22. The molecule has 0 heterocycles. The van der Waals surface area contributed by atoms with E-state index in [9.17, 15) is 4.79 Å². The van der Waals surface area contributed by atoms with Gasteiger partial charge in [0.05, 0.1) is 34.1 Å². The minimum Gasteiger partial charge on any atom is -0.497 e. The molecule has 0 unspecified atom stereocenters. The minimum absolute atomic E-state index is 0.166. The molecular formula is C19H21NO5. The van der Waals surface area contributed by atoms with Gasteiger partial charge in [-0.15, -0.1) is 0 Å². The third-order valence-corrected chi connectivity index (χ3v) is 3.55. The summed E-state index contributed by atoms with van der Waals surface area (Å²) >= 11 is 0. The Bertz CT molecular complexity index is 770. The van der Waals surface area contributed by atoms with Gasteiger partial charge in [0, 0.05) is 23.9 Å². The normalized spacial score (nSPS) is 10.4. The summed E-state index contributed by atoms with van der Waals surface area (Å²) in [7, 11) is 6.23. The zero-order chi connectivity index (χ0) is 18.2. The van der Waals surface area contributed by atoms with Crippen molar-refractivity contribution < 1.29 is 23.7 Å². The molecule has 2 aromatic rings. The third-order valence-electron chi connectivity index (χ3n) is 3.55. The van der Waals surface area contributed by atoms with Gasteiger partial charge in [-0.3, -0.25) is 4.79 Å². The standard InChI is InChI=1S/C19H21NO5/c1-22-14-6-7-15(18(12-14)24-3)20-10-9-16(21)13-5-8-17(23-2)19(11-13)25-4/h5-12,20H,1-4H3/b10-9-. The van der Waals surface area contributed by atoms with Gasteiger partial charge in [0.25, 0.3) is 0 Å². The second-order valence-electron chi connectivity index (χ2n) is 4.98. The highest BCUT2D eigenvalue weighted by Crippen LogP contribution is 2.29. The number of benzene rings is 2. The number of nitrogens with one attached hydrogen (secondary N) is 1. The Kier molecular flexibility index (Phi) is 6.28. The highest BCUT2D eigenvalue weighted by atomic mass is 16.5. The maximum absolute atomic E-state index is 12.3. The van der Waals surface area contributed by atoms with E-state index < -0.39 is 0 Å². The zero-order valence-electron chi connectivity index (χ0n) is 14.7. The molecule has 0 aliphatic carbocycles. The molecule has 0 atom stereocenters. The molecule has 0 spiro atoms. The van der Waals surface area contributed by atoms with E-state index in [-0.39, 0.29) is 5.78 Å². The van der Waals surface area contributed by atoms with E-state index in [1.807, 2.05) is 6.07 Å². The molecule has 25 heavy (non-hydrogen) atoms. The van der Waals surface area contributed by atoms with Crippen LogP contribution in [0.3, 0.4) is 0 Å². The summed E-state index contributed by atoms with van der Waals surface area (Å²) in [6, 6.07) is 10.4. The van der Waals surface area contributed by atoms with Gasteiger partial charge in [0.15, 0.2) is 17.3 Å². The van der Waals surface area contributed by atoms with E-state index in [1.165, 1.54) is 13.2 Å². The van der Waals surface area contributed by atoms with Crippen LogP contribution in [0.15, 0.2) is 48.7 Å². The van der Waals surface area contributed by atoms with Crippen molar-refractivity contribution in [2.45, 2.75) is 0 Å². The molecule has 0 saturated carbocycles. The topological polar surface area (TPSA) is 66.0 Å². The van der Waals surface area contributed by atoms with Crippen molar-refractivity contribution in [2.24, 2.45) is 0 Å². The Morgan fingerprint density at radius 3 is 2.20 bits per heavy atom. The largest absolute Gasteiger partial charge is 0.497 e. The quantitative estimate of drug-likeness (QED) is 0.584. The van der Waals surface area contributed by atoms with Crippen LogP contribution in [0.1, 0.15) is 10.4 Å². The molecule has 0 aliphatic rings. The Labute approximate surface area is 147 Å². The summed E-state index contributed by atoms with van der Waals surface area (Å²) in [5, 5.41) is 3.03. The first-order valence-electron chi connectivity index (χ1n) is 7.54. The SMILES string of the molecule is COc1ccc(N/C=C\C(=O)c2ccc(OC)c(OC)c2)c(OC)c1. The first kappa shape index (κ1) is 18.2. The fourth-order valence-corrected chi connectivity index (χ4v) is 2.21. The highest BCUT2D eigenvalue weighted by molar-refractivity contribution is 6.05. The second-order valence-corrected chi connectivity index (χ2v) is 4.98. The number of methoxy groups -OCH3 is 4. The minimum atomic E-state index is -0.166. The van der Waals surface area contributed by atoms with Gasteiger partial charge >= 0.3 is 0 Å². The van der Waals surface area contributed by atoms with E-state index >= 15 is 0 Å². The predicted octanol–water partition coefficient (Wildman–Crippen LogP) is 3.53. The van der Waals surface area contributed by atoms with Gasteiger partial charge < -0.3 is 24.3 Å². The van der Waals surface area contributed by atoms with E-state index in [2.05, 4.69) is 5.32 Å². The van der Waals surface area contributed by atoms with E-state index in [0.717, 1.165) is 5.69 Å². The number of carbonyl (C=O) groups excluding carboxylic acids is 1. The average Bonchev–Trinajstić information content (AvgIpc) is 2.67. The number of hydrogen-bond acceptors (Lipinski definition) is 6. The van der Waals surface area contributed by atoms with E-state index in [4.69, 9.17) is 18.9 Å². The Morgan fingerprint density at radius 1 is 0.840 bits per heavy atom. The zero-order valence-corrected chi connectivity index (χ0v) is 14.7. The summed E-state index contributed by atoms with van der Waals surface area (Å²) in [5.74, 6) is 2.21. The molecule has 132 valence electrons. The van der Waals surface area contributed by atoms with Crippen molar-refractivity contribution in [2.75, 3.05) is 33.8 Å². The van der Waals surface area contributed by atoms with Gasteiger partial charge in [-0.25, -0.2) is 0 Å². The molecule has 0 radical (unpaired) electrons. The number of anilines is 1. The van der Waals surface area contributed by atoms with Crippen LogP contribution in [0.25, 0.3) is 0 Å². The molecule has 1 N–H and O–H groups in total. The summed E-state index contributed by atoms with van der Waals surface area (Å²) in [4.78, 5) is 12.3. The lowest BCUT2D eigenvalue weighted by Gasteiger charge is -2.10. The summed E-state index contributed by atoms with van der Waals surface area (Å²) < 4.78 is 20.8. The van der Waals surface area contributed by atoms with E-state index in [1.54, 1.807) is 57.9 Å². The van der Waals surface area contributed by atoms with Crippen LogP contribution >= 0.6 is 0 Å². The maximum Gasteiger partial charge on any atom is 0.187 e. The van der Waals surface area contributed by atoms with Crippen LogP contribution < -0.4 is 24.3 Å². The van der Waals surface area contributed by atoms with Crippen molar-refractivity contribution in [1.29, 1.82) is 0 Å². The summed E-state index contributed by atoms with van der Waals surface area (Å²) in [6.07, 6.45) is 2.99. The number of hydrogen-bond donors (Lipinski definition) is 1. The highest BCUT2D eigenvalue weighted by Gasteiger charge is 2.09. The molecule has 0 bridgehead atoms. The number of ketones is 1. The molecule has 2 aromatic carbocycles. The average molecular weight is 343 g/mol. The number of allylic oxidation sites excluding steroid dienone is 1. The van der Waals surface area contributed by atoms with Crippen molar-refractivity contribution >= 4 is 11.5 Å². The van der Waals surface area contributed by atoms with Crippen LogP contribution in [0.2, 0.25) is 0 Å². The second kappa shape index (κ2) is 8.63. The Morgan fingerprint density at radius 2 is 1.56 bits per heavy atom. The fraction of sp³-hybridized carbons (Fsp3) is 0.211. The van der Waals surface area contributed by atoms with Crippen LogP contribution in [-0.4, -0.2) is 34.2 Å². The Hall–Kier alpha value is -3.15. The molecule has 0 fully saturated rings. The molecule has 6 heteroatoms. The van der Waals surface area contributed by atoms with Crippen molar-refractivity contribution in [1.82, 2.24) is 0 Å². The lowest BCUT2D eigenvalue weighted by Crippen LogP contribution is -1.99. The lowest BCUT2D eigenvalue weighted by molar-refractivity contribution is 0.104. The molecular weight excluding hydrogens is 322 g/mol. The lowest BCUT2D eigenvalue weighted by atomic mass is 10.1. The third kappa shape index (κ3) is 4.44. The molecule has 0 amide bonds. The molecule has 0 saturated heterocycles. The van der Waals surface area contributed by atoms with Gasteiger partial charge in [-0.2, -0.15) is 0 Å². The first-order valence-corrected chi connectivity index (χ1v) is 7.54. The Balaban J connectivity index is 2.11. The van der Waals surface area contributed by atoms with Gasteiger partial charge in [0.2, 0.25) is 0 Å². The predicted molar refractivity (Wildman–Crippen MR) is 96.2 cm³/mol. The number of ether oxygens (including phenoxy) is 4.